The molecule has 4 aromatic heterocycles. The van der Waals surface area contributed by atoms with Crippen molar-refractivity contribution in [1.29, 1.82) is 0 Å². The highest BCUT2D eigenvalue weighted by molar-refractivity contribution is 5.85. The second-order valence-electron chi connectivity index (χ2n) is 8.56. The topological polar surface area (TPSA) is 80.9 Å². The normalized spacial score (nSPS) is 11.7. The smallest absolute Gasteiger partial charge is 0.280 e. The molecule has 0 radical (unpaired) electrons. The van der Waals surface area contributed by atoms with Gasteiger partial charge in [-0.3, -0.25) is 4.79 Å². The molecule has 0 amide bonds. The highest BCUT2D eigenvalue weighted by Crippen LogP contribution is 2.28. The quantitative estimate of drug-likeness (QED) is 0.424. The maximum atomic E-state index is 13.4. The summed E-state index contributed by atoms with van der Waals surface area (Å²) in [6.45, 7) is 4.46. The fourth-order valence-electron chi connectivity index (χ4n) is 4.56. The first-order valence-electron chi connectivity index (χ1n) is 11.1. The van der Waals surface area contributed by atoms with E-state index in [0.717, 1.165) is 22.3 Å². The van der Waals surface area contributed by atoms with Crippen molar-refractivity contribution >= 4 is 27.6 Å². The first-order chi connectivity index (χ1) is 16.5. The van der Waals surface area contributed by atoms with Crippen LogP contribution in [0.5, 0.6) is 0 Å². The molecule has 0 spiro atoms. The summed E-state index contributed by atoms with van der Waals surface area (Å²) in [5.74, 6) is -0.308. The number of nitrogens with zero attached hydrogens (tertiary/aromatic N) is 5. The third-order valence-corrected chi connectivity index (χ3v) is 6.31. The van der Waals surface area contributed by atoms with Gasteiger partial charge < -0.3 is 9.55 Å². The van der Waals surface area contributed by atoms with Crippen LogP contribution in [-0.2, 0) is 13.0 Å². The van der Waals surface area contributed by atoms with Gasteiger partial charge in [-0.1, -0.05) is 23.8 Å². The highest BCUT2D eigenvalue weighted by atomic mass is 19.1. The molecule has 0 saturated carbocycles. The Kier molecular flexibility index (Phi) is 4.55. The number of H-pyrrole nitrogens is 1. The van der Waals surface area contributed by atoms with Crippen molar-refractivity contribution in [2.24, 2.45) is 0 Å². The summed E-state index contributed by atoms with van der Waals surface area (Å²) < 4.78 is 16.7. The fraction of sp³-hybridized carbons (Fsp3) is 0.154. The van der Waals surface area contributed by atoms with E-state index in [4.69, 9.17) is 0 Å². The molecule has 6 rings (SSSR count). The molecule has 8 heteroatoms. The van der Waals surface area contributed by atoms with Gasteiger partial charge in [0.15, 0.2) is 11.2 Å². The molecule has 7 nitrogen and oxygen atoms in total. The molecule has 0 atom stereocenters. The van der Waals surface area contributed by atoms with Gasteiger partial charge in [-0.15, -0.1) is 10.2 Å². The van der Waals surface area contributed by atoms with Gasteiger partial charge in [0.1, 0.15) is 11.3 Å². The van der Waals surface area contributed by atoms with Crippen molar-refractivity contribution in [3.05, 3.63) is 93.9 Å². The van der Waals surface area contributed by atoms with E-state index >= 15 is 0 Å². The van der Waals surface area contributed by atoms with Gasteiger partial charge in [0.2, 0.25) is 0 Å². The molecule has 6 aromatic rings. The molecule has 2 aromatic carbocycles. The summed E-state index contributed by atoms with van der Waals surface area (Å²) in [5, 5.41) is 14.4. The minimum absolute atomic E-state index is 0.209. The zero-order valence-corrected chi connectivity index (χ0v) is 18.7. The molecular weight excluding hydrogens is 431 g/mol. The Labute approximate surface area is 193 Å². The van der Waals surface area contributed by atoms with E-state index in [0.29, 0.717) is 24.1 Å². The molecular formula is C26H21FN6O. The highest BCUT2D eigenvalue weighted by Gasteiger charge is 2.17. The van der Waals surface area contributed by atoms with Crippen molar-refractivity contribution in [3.63, 3.8) is 0 Å². The molecule has 0 unspecified atom stereocenters. The van der Waals surface area contributed by atoms with E-state index in [1.165, 1.54) is 28.6 Å². The van der Waals surface area contributed by atoms with Crippen molar-refractivity contribution in [1.82, 2.24) is 29.4 Å². The Morgan fingerprint density at radius 1 is 1.03 bits per heavy atom. The minimum Gasteiger partial charge on any atom is -0.361 e. The molecule has 0 aliphatic carbocycles. The van der Waals surface area contributed by atoms with E-state index < -0.39 is 0 Å². The standard InChI is InChI=1S/C26H21FN6O/c1-15-3-8-21-20(13-15)18(14-28-21)9-11-32-12-10-22-24(26(32)34)29-30-25-23(16(2)31-33(22)25)17-4-6-19(27)7-5-17/h3-8,10,12-14,28H,9,11H2,1-2H3. The maximum absolute atomic E-state index is 13.4. The monoisotopic (exact) mass is 452 g/mol. The lowest BCUT2D eigenvalue weighted by Gasteiger charge is -2.07. The molecule has 4 heterocycles. The summed E-state index contributed by atoms with van der Waals surface area (Å²) in [5.41, 5.74) is 6.92. The third kappa shape index (κ3) is 3.18. The van der Waals surface area contributed by atoms with Crippen LogP contribution in [0.4, 0.5) is 4.39 Å². The minimum atomic E-state index is -0.308. The van der Waals surface area contributed by atoms with Crippen LogP contribution in [0, 0.1) is 19.7 Å². The van der Waals surface area contributed by atoms with Crippen molar-refractivity contribution in [3.8, 4) is 11.1 Å². The summed E-state index contributed by atoms with van der Waals surface area (Å²) in [6, 6.07) is 14.3. The van der Waals surface area contributed by atoms with Crippen LogP contribution in [0.2, 0.25) is 0 Å². The summed E-state index contributed by atoms with van der Waals surface area (Å²) in [4.78, 5) is 16.5. The Bertz CT molecular complexity index is 1760. The number of benzene rings is 2. The number of nitrogens with one attached hydrogen (secondary N) is 1. The second-order valence-corrected chi connectivity index (χ2v) is 8.56. The molecule has 0 fully saturated rings. The lowest BCUT2D eigenvalue weighted by Crippen LogP contribution is -2.22. The number of rotatable bonds is 4. The van der Waals surface area contributed by atoms with Gasteiger partial charge in [0.25, 0.3) is 5.56 Å². The molecule has 0 saturated heterocycles. The van der Waals surface area contributed by atoms with Crippen molar-refractivity contribution in [2.75, 3.05) is 0 Å². The van der Waals surface area contributed by atoms with E-state index in [2.05, 4.69) is 45.4 Å². The lowest BCUT2D eigenvalue weighted by molar-refractivity contribution is 0.628. The van der Waals surface area contributed by atoms with Gasteiger partial charge in [-0.2, -0.15) is 5.10 Å². The molecule has 0 bridgehead atoms. The summed E-state index contributed by atoms with van der Waals surface area (Å²) >= 11 is 0. The van der Waals surface area contributed by atoms with Gasteiger partial charge in [0, 0.05) is 29.8 Å². The lowest BCUT2D eigenvalue weighted by atomic mass is 10.1. The fourth-order valence-corrected chi connectivity index (χ4v) is 4.56. The molecule has 0 aliphatic heterocycles. The zero-order chi connectivity index (χ0) is 23.4. The van der Waals surface area contributed by atoms with Crippen molar-refractivity contribution < 1.29 is 4.39 Å². The van der Waals surface area contributed by atoms with E-state index in [1.807, 2.05) is 19.2 Å². The predicted octanol–water partition coefficient (Wildman–Crippen LogP) is 4.59. The van der Waals surface area contributed by atoms with Gasteiger partial charge in [0.05, 0.1) is 11.3 Å². The second kappa shape index (κ2) is 7.62. The van der Waals surface area contributed by atoms with Crippen molar-refractivity contribution in [2.45, 2.75) is 26.8 Å². The number of aromatic amines is 1. The average Bonchev–Trinajstić information content (AvgIpc) is 3.39. The largest absolute Gasteiger partial charge is 0.361 e. The van der Waals surface area contributed by atoms with Crippen LogP contribution < -0.4 is 5.56 Å². The number of aryl methyl sites for hydroxylation is 4. The Morgan fingerprint density at radius 3 is 2.68 bits per heavy atom. The summed E-state index contributed by atoms with van der Waals surface area (Å²) in [6.07, 6.45) is 4.49. The number of hydrogen-bond acceptors (Lipinski definition) is 4. The van der Waals surface area contributed by atoms with Crippen LogP contribution in [0.1, 0.15) is 16.8 Å². The number of aromatic nitrogens is 6. The molecule has 0 aliphatic rings. The first kappa shape index (κ1) is 20.3. The number of pyridine rings is 1. The number of fused-ring (bicyclic) bond motifs is 4. The van der Waals surface area contributed by atoms with E-state index in [-0.39, 0.29) is 16.9 Å². The first-order valence-corrected chi connectivity index (χ1v) is 11.1. The van der Waals surface area contributed by atoms with E-state index in [9.17, 15) is 9.18 Å². The van der Waals surface area contributed by atoms with Gasteiger partial charge in [-0.05, 0) is 61.7 Å². The Balaban J connectivity index is 1.39. The van der Waals surface area contributed by atoms with Crippen LogP contribution in [0.15, 0.2) is 65.7 Å². The Hall–Kier alpha value is -4.33. The zero-order valence-electron chi connectivity index (χ0n) is 18.7. The number of halogens is 1. The molecule has 1 N–H and O–H groups in total. The van der Waals surface area contributed by atoms with Crippen LogP contribution >= 0.6 is 0 Å². The van der Waals surface area contributed by atoms with Crippen LogP contribution in [-0.4, -0.2) is 29.4 Å². The molecule has 168 valence electrons. The number of hydrogen-bond donors (Lipinski definition) is 1. The van der Waals surface area contributed by atoms with Gasteiger partial charge in [-0.25, -0.2) is 8.91 Å². The predicted molar refractivity (Wildman–Crippen MR) is 129 cm³/mol. The SMILES string of the molecule is Cc1ccc2[nH]cc(CCn3ccc4c(nnc5c(-c6ccc(F)cc6)c(C)nn54)c3=O)c2c1. The van der Waals surface area contributed by atoms with Crippen LogP contribution in [0.25, 0.3) is 38.7 Å². The maximum Gasteiger partial charge on any atom is 0.280 e. The van der Waals surface area contributed by atoms with E-state index in [1.54, 1.807) is 27.4 Å². The summed E-state index contributed by atoms with van der Waals surface area (Å²) in [7, 11) is 0. The van der Waals surface area contributed by atoms with Gasteiger partial charge >= 0.3 is 0 Å². The average molecular weight is 452 g/mol. The van der Waals surface area contributed by atoms with Crippen LogP contribution in [0.3, 0.4) is 0 Å². The third-order valence-electron chi connectivity index (χ3n) is 6.31. The Morgan fingerprint density at radius 2 is 1.85 bits per heavy atom. The molecule has 34 heavy (non-hydrogen) atoms.